The number of fused-ring (bicyclic) bond motifs is 7. The second-order valence-corrected chi connectivity index (χ2v) is 12.2. The monoisotopic (exact) mass is 462 g/mol. The molecule has 0 aromatic heterocycles. The van der Waals surface area contributed by atoms with Gasteiger partial charge < -0.3 is 19.7 Å². The minimum Gasteiger partial charge on any atom is -0.390 e. The summed E-state index contributed by atoms with van der Waals surface area (Å²) in [6.45, 7) is 10.0. The zero-order chi connectivity index (χ0) is 24.4. The van der Waals surface area contributed by atoms with Crippen LogP contribution in [-0.2, 0) is 19.1 Å². The van der Waals surface area contributed by atoms with E-state index in [0.29, 0.717) is 24.8 Å². The Morgan fingerprint density at radius 2 is 1.88 bits per heavy atom. The Kier molecular flexibility index (Phi) is 4.54. The Labute approximate surface area is 194 Å². The lowest BCUT2D eigenvalue weighted by Gasteiger charge is -2.63. The van der Waals surface area contributed by atoms with Gasteiger partial charge in [0.15, 0.2) is 28.6 Å². The molecule has 1 heterocycles. The van der Waals surface area contributed by atoms with Gasteiger partial charge in [-0.05, 0) is 78.4 Å². The second-order valence-electron chi connectivity index (χ2n) is 12.2. The van der Waals surface area contributed by atoms with Gasteiger partial charge >= 0.3 is 0 Å². The van der Waals surface area contributed by atoms with Crippen molar-refractivity contribution in [3.8, 4) is 0 Å². The number of aliphatic hydroxyl groups is 2. The van der Waals surface area contributed by atoms with E-state index in [1.165, 1.54) is 26.0 Å². The number of carbonyl (C=O) groups is 2. The number of alkyl halides is 1. The third-order valence-corrected chi connectivity index (χ3v) is 9.53. The molecule has 33 heavy (non-hydrogen) atoms. The summed E-state index contributed by atoms with van der Waals surface area (Å²) in [5.74, 6) is -2.55. The van der Waals surface area contributed by atoms with Crippen LogP contribution in [0.15, 0.2) is 23.8 Å². The molecule has 4 fully saturated rings. The van der Waals surface area contributed by atoms with Crippen molar-refractivity contribution in [1.29, 1.82) is 0 Å². The van der Waals surface area contributed by atoms with Crippen LogP contribution in [0.5, 0.6) is 0 Å². The first-order valence-electron chi connectivity index (χ1n) is 12.0. The van der Waals surface area contributed by atoms with Gasteiger partial charge in [0, 0.05) is 16.7 Å². The lowest BCUT2D eigenvalue weighted by molar-refractivity contribution is -0.249. The Hall–Kier alpha value is -1.41. The summed E-state index contributed by atoms with van der Waals surface area (Å²) in [5.41, 5.74) is -6.49. The molecule has 0 radical (unpaired) electrons. The molecule has 182 valence electrons. The van der Waals surface area contributed by atoms with Gasteiger partial charge in [-0.25, -0.2) is 4.39 Å². The predicted octanol–water partition coefficient (Wildman–Crippen LogP) is 3.20. The summed E-state index contributed by atoms with van der Waals surface area (Å²) in [6.07, 6.45) is 3.89. The number of hydrogen-bond donors (Lipinski definition) is 2. The van der Waals surface area contributed by atoms with Crippen molar-refractivity contribution in [1.82, 2.24) is 0 Å². The fourth-order valence-electron chi connectivity index (χ4n) is 8.16. The van der Waals surface area contributed by atoms with E-state index < -0.39 is 57.4 Å². The quantitative estimate of drug-likeness (QED) is 0.655. The average molecular weight is 463 g/mol. The molecule has 7 heteroatoms. The molecule has 0 amide bonds. The molecule has 8 atom stereocenters. The summed E-state index contributed by atoms with van der Waals surface area (Å²) < 4.78 is 29.9. The molecule has 3 saturated carbocycles. The standard InChI is InChI=1S/C26H35FO6/c1-21(2,31)20(30)26-19(32-22(3,4)33-26)12-17-16-8-7-14-11-15(28)9-10-23(14,5)25(16,27)18(29)13-24(17,26)6/h9-11,16-19,29,31H,7-8,12-13H2,1-6H3/t16-,17-,18-,19+,23-,24-,25-,26-/m0/s1. The first kappa shape index (κ1) is 23.3. The van der Waals surface area contributed by atoms with Crippen LogP contribution in [0.25, 0.3) is 0 Å². The van der Waals surface area contributed by atoms with E-state index >= 15 is 4.39 Å². The number of allylic oxidation sites excluding steroid dienone is 4. The van der Waals surface area contributed by atoms with Crippen molar-refractivity contribution in [3.05, 3.63) is 23.8 Å². The lowest BCUT2D eigenvalue weighted by atomic mass is 9.44. The van der Waals surface area contributed by atoms with Crippen molar-refractivity contribution in [2.75, 3.05) is 0 Å². The average Bonchev–Trinajstić information content (AvgIpc) is 3.08. The number of Topliss-reactive ketones (excluding diaryl/α,β-unsaturated/α-hetero) is 1. The minimum atomic E-state index is -1.99. The molecule has 2 N–H and O–H groups in total. The van der Waals surface area contributed by atoms with Crippen LogP contribution in [0, 0.1) is 22.7 Å². The maximum Gasteiger partial charge on any atom is 0.198 e. The van der Waals surface area contributed by atoms with Crippen LogP contribution in [0.3, 0.4) is 0 Å². The molecule has 5 aliphatic rings. The first-order valence-corrected chi connectivity index (χ1v) is 12.0. The highest BCUT2D eigenvalue weighted by molar-refractivity contribution is 6.01. The maximum atomic E-state index is 17.3. The number of halogens is 1. The van der Waals surface area contributed by atoms with E-state index in [4.69, 9.17) is 9.47 Å². The summed E-state index contributed by atoms with van der Waals surface area (Å²) in [5, 5.41) is 22.3. The Bertz CT molecular complexity index is 993. The van der Waals surface area contributed by atoms with Gasteiger partial charge in [-0.15, -0.1) is 0 Å². The molecule has 0 aromatic carbocycles. The third-order valence-electron chi connectivity index (χ3n) is 9.53. The molecule has 0 aromatic rings. The highest BCUT2D eigenvalue weighted by Crippen LogP contribution is 2.72. The molecule has 1 saturated heterocycles. The van der Waals surface area contributed by atoms with Crippen LogP contribution in [-0.4, -0.2) is 56.6 Å². The largest absolute Gasteiger partial charge is 0.390 e. The van der Waals surface area contributed by atoms with Gasteiger partial charge in [0.2, 0.25) is 0 Å². The smallest absolute Gasteiger partial charge is 0.198 e. The van der Waals surface area contributed by atoms with E-state index in [9.17, 15) is 19.8 Å². The highest BCUT2D eigenvalue weighted by atomic mass is 19.1. The maximum absolute atomic E-state index is 17.3. The van der Waals surface area contributed by atoms with E-state index in [2.05, 4.69) is 0 Å². The number of hydrogen-bond acceptors (Lipinski definition) is 6. The zero-order valence-corrected chi connectivity index (χ0v) is 20.3. The molecular weight excluding hydrogens is 427 g/mol. The molecule has 5 rings (SSSR count). The SMILES string of the molecule is CC1(C)O[C@@H]2C[C@H]3[C@@H]4CCC5=CC(=O)C=C[C@]5(C)[C@@]4(F)[C@@H](O)C[C@]3(C)[C@]2(C(=O)C(C)(C)O)O1. The fourth-order valence-corrected chi connectivity index (χ4v) is 8.16. The number of ether oxygens (including phenoxy) is 2. The van der Waals surface area contributed by atoms with E-state index in [1.807, 2.05) is 6.92 Å². The van der Waals surface area contributed by atoms with Gasteiger partial charge in [0.1, 0.15) is 5.60 Å². The van der Waals surface area contributed by atoms with E-state index in [0.717, 1.165) is 0 Å². The van der Waals surface area contributed by atoms with Gasteiger partial charge in [-0.1, -0.05) is 18.6 Å². The van der Waals surface area contributed by atoms with Crippen LogP contribution in [0.2, 0.25) is 0 Å². The second kappa shape index (κ2) is 6.42. The summed E-state index contributed by atoms with van der Waals surface area (Å²) in [6, 6.07) is 0. The highest BCUT2D eigenvalue weighted by Gasteiger charge is 2.80. The molecule has 6 nitrogen and oxygen atoms in total. The van der Waals surface area contributed by atoms with Crippen LogP contribution in [0.1, 0.15) is 67.2 Å². The van der Waals surface area contributed by atoms with Crippen LogP contribution < -0.4 is 0 Å². The molecule has 0 unspecified atom stereocenters. The van der Waals surface area contributed by atoms with Gasteiger partial charge in [0.25, 0.3) is 0 Å². The third kappa shape index (κ3) is 2.63. The molecule has 0 spiro atoms. The Morgan fingerprint density at radius 1 is 1.21 bits per heavy atom. The van der Waals surface area contributed by atoms with Crippen LogP contribution in [0.4, 0.5) is 4.39 Å². The molecular formula is C26H35FO6. The van der Waals surface area contributed by atoms with Crippen molar-refractivity contribution < 1.29 is 33.7 Å². The zero-order valence-electron chi connectivity index (χ0n) is 20.3. The van der Waals surface area contributed by atoms with Crippen molar-refractivity contribution in [3.63, 3.8) is 0 Å². The Balaban J connectivity index is 1.65. The topological polar surface area (TPSA) is 93.1 Å². The fraction of sp³-hybridized carbons (Fsp3) is 0.769. The number of rotatable bonds is 2. The van der Waals surface area contributed by atoms with E-state index in [-0.39, 0.29) is 18.1 Å². The van der Waals surface area contributed by atoms with Gasteiger partial charge in [-0.3, -0.25) is 9.59 Å². The summed E-state index contributed by atoms with van der Waals surface area (Å²) >= 11 is 0. The lowest BCUT2D eigenvalue weighted by Crippen LogP contribution is -2.71. The number of ketones is 2. The molecule has 1 aliphatic heterocycles. The van der Waals surface area contributed by atoms with E-state index in [1.54, 1.807) is 26.8 Å². The van der Waals surface area contributed by atoms with Crippen molar-refractivity contribution in [2.45, 2.75) is 102 Å². The number of carbonyl (C=O) groups excluding carboxylic acids is 2. The minimum absolute atomic E-state index is 0.00686. The summed E-state index contributed by atoms with van der Waals surface area (Å²) in [7, 11) is 0. The number of aliphatic hydroxyl groups excluding tert-OH is 1. The van der Waals surface area contributed by atoms with Gasteiger partial charge in [0.05, 0.1) is 12.2 Å². The molecule has 0 bridgehead atoms. The Morgan fingerprint density at radius 3 is 2.52 bits per heavy atom. The normalized spacial score (nSPS) is 50.2. The van der Waals surface area contributed by atoms with Gasteiger partial charge in [-0.2, -0.15) is 0 Å². The summed E-state index contributed by atoms with van der Waals surface area (Å²) in [4.78, 5) is 25.8. The predicted molar refractivity (Wildman–Crippen MR) is 118 cm³/mol. The van der Waals surface area contributed by atoms with Crippen LogP contribution >= 0.6 is 0 Å². The molecule has 4 aliphatic carbocycles. The first-order chi connectivity index (χ1) is 15.0. The van der Waals surface area contributed by atoms with Crippen molar-refractivity contribution >= 4 is 11.6 Å². The van der Waals surface area contributed by atoms with Crippen molar-refractivity contribution in [2.24, 2.45) is 22.7 Å².